The van der Waals surface area contributed by atoms with E-state index in [-0.39, 0.29) is 23.3 Å². The summed E-state index contributed by atoms with van der Waals surface area (Å²) in [5.74, 6) is -1.32. The van der Waals surface area contributed by atoms with Crippen LogP contribution < -0.4 is 10.6 Å². The molecule has 230 valence electrons. The van der Waals surface area contributed by atoms with E-state index in [9.17, 15) is 19.5 Å². The van der Waals surface area contributed by atoms with Crippen molar-refractivity contribution in [2.24, 2.45) is 13.0 Å². The molecule has 6 aromatic rings. The summed E-state index contributed by atoms with van der Waals surface area (Å²) in [6.45, 7) is 5.50. The van der Waals surface area contributed by atoms with Gasteiger partial charge in [0.15, 0.2) is 5.69 Å². The summed E-state index contributed by atoms with van der Waals surface area (Å²) in [7, 11) is 1.94. The average molecular weight is 606 g/mol. The smallest absolute Gasteiger partial charge is 0.358 e. The van der Waals surface area contributed by atoms with E-state index < -0.39 is 30.0 Å². The van der Waals surface area contributed by atoms with Crippen molar-refractivity contribution < 1.29 is 23.9 Å². The van der Waals surface area contributed by atoms with Crippen molar-refractivity contribution in [3.05, 3.63) is 102 Å². The summed E-state index contributed by atoms with van der Waals surface area (Å²) in [6.07, 6.45) is 2.65. The molecule has 10 nitrogen and oxygen atoms in total. The number of rotatable bonds is 9. The molecule has 10 heteroatoms. The molecule has 2 atom stereocenters. The SMILES string of the molecule is Cc1oc([C@@H](Cc2cn(C)c3ccccc23)NC(=O)C(CC(C)C)NC(=O)n2c3ccccc3c3ccccc32)nc1C(=O)O. The third kappa shape index (κ3) is 5.66. The summed E-state index contributed by atoms with van der Waals surface area (Å²) in [6, 6.07) is 21.2. The number of amides is 2. The number of para-hydroxylation sites is 3. The normalized spacial score (nSPS) is 13.0. The standard InChI is InChI=1S/C35H35N5O5/c1-20(2)17-26(37-35(44)40-29-15-9-6-12-24(29)25-13-7-10-16-30(25)40)32(41)36-27(33-38-31(34(42)43)21(3)45-33)18-22-19-39(4)28-14-8-5-11-23(22)28/h5-16,19-20,26-27H,17-18H2,1-4H3,(H,36,41)(H,37,44)(H,42,43)/t26?,27-/m1/s1. The number of oxazole rings is 1. The van der Waals surface area contributed by atoms with E-state index in [2.05, 4.69) is 15.6 Å². The molecule has 0 fully saturated rings. The van der Waals surface area contributed by atoms with Gasteiger partial charge in [-0.05, 0) is 43.0 Å². The van der Waals surface area contributed by atoms with Crippen LogP contribution in [0.3, 0.4) is 0 Å². The van der Waals surface area contributed by atoms with Crippen molar-refractivity contribution in [3.8, 4) is 0 Å². The largest absolute Gasteiger partial charge is 0.476 e. The van der Waals surface area contributed by atoms with Crippen LogP contribution in [0.4, 0.5) is 4.79 Å². The average Bonchev–Trinajstić information content (AvgIpc) is 3.67. The second-order valence-electron chi connectivity index (χ2n) is 11.8. The molecule has 2 amide bonds. The van der Waals surface area contributed by atoms with E-state index >= 15 is 0 Å². The molecule has 1 unspecified atom stereocenters. The van der Waals surface area contributed by atoms with Crippen LogP contribution in [0.25, 0.3) is 32.7 Å². The fourth-order valence-electron chi connectivity index (χ4n) is 6.10. The highest BCUT2D eigenvalue weighted by atomic mass is 16.4. The van der Waals surface area contributed by atoms with Gasteiger partial charge in [-0.25, -0.2) is 14.6 Å². The molecule has 0 radical (unpaired) electrons. The first-order chi connectivity index (χ1) is 21.6. The van der Waals surface area contributed by atoms with Gasteiger partial charge in [0.2, 0.25) is 11.8 Å². The molecule has 0 spiro atoms. The quantitative estimate of drug-likeness (QED) is 0.176. The Morgan fingerprint density at radius 1 is 0.867 bits per heavy atom. The highest BCUT2D eigenvalue weighted by molar-refractivity contribution is 6.13. The number of hydrogen-bond acceptors (Lipinski definition) is 5. The molecule has 3 aromatic carbocycles. The number of aromatic nitrogens is 3. The molecule has 0 saturated heterocycles. The lowest BCUT2D eigenvalue weighted by atomic mass is 10.0. The third-order valence-corrected chi connectivity index (χ3v) is 8.14. The molecule has 0 saturated carbocycles. The Labute approximate surface area is 259 Å². The van der Waals surface area contributed by atoms with E-state index in [1.54, 1.807) is 4.57 Å². The van der Waals surface area contributed by atoms with Crippen LogP contribution in [0, 0.1) is 12.8 Å². The number of aromatic carboxylic acids is 1. The predicted molar refractivity (Wildman–Crippen MR) is 172 cm³/mol. The van der Waals surface area contributed by atoms with E-state index in [0.717, 1.165) is 38.3 Å². The van der Waals surface area contributed by atoms with Crippen molar-refractivity contribution in [3.63, 3.8) is 0 Å². The van der Waals surface area contributed by atoms with Crippen LogP contribution in [-0.2, 0) is 18.3 Å². The molecule has 0 aliphatic heterocycles. The predicted octanol–water partition coefficient (Wildman–Crippen LogP) is 6.35. The number of nitrogens with zero attached hydrogens (tertiary/aromatic N) is 3. The summed E-state index contributed by atoms with van der Waals surface area (Å²) < 4.78 is 9.43. The van der Waals surface area contributed by atoms with Crippen LogP contribution in [0.2, 0.25) is 0 Å². The first-order valence-electron chi connectivity index (χ1n) is 14.9. The third-order valence-electron chi connectivity index (χ3n) is 8.14. The molecule has 0 bridgehead atoms. The highest BCUT2D eigenvalue weighted by Crippen LogP contribution is 2.30. The van der Waals surface area contributed by atoms with Crippen molar-refractivity contribution in [2.45, 2.75) is 45.7 Å². The minimum absolute atomic E-state index is 0.0818. The van der Waals surface area contributed by atoms with Gasteiger partial charge in [-0.1, -0.05) is 68.4 Å². The summed E-state index contributed by atoms with van der Waals surface area (Å²) in [4.78, 5) is 44.0. The Kier molecular flexibility index (Phi) is 7.88. The van der Waals surface area contributed by atoms with E-state index in [0.29, 0.717) is 12.8 Å². The molecule has 0 aliphatic carbocycles. The monoisotopic (exact) mass is 605 g/mol. The van der Waals surface area contributed by atoms with E-state index in [1.165, 1.54) is 6.92 Å². The van der Waals surface area contributed by atoms with Crippen molar-refractivity contribution in [1.82, 2.24) is 24.8 Å². The number of nitrogens with one attached hydrogen (secondary N) is 2. The lowest BCUT2D eigenvalue weighted by Gasteiger charge is -2.23. The molecular formula is C35H35N5O5. The van der Waals surface area contributed by atoms with Gasteiger partial charge >= 0.3 is 12.0 Å². The Morgan fingerprint density at radius 3 is 2.02 bits per heavy atom. The molecule has 0 aliphatic rings. The molecule has 3 heterocycles. The second kappa shape index (κ2) is 12.0. The zero-order valence-corrected chi connectivity index (χ0v) is 25.6. The van der Waals surface area contributed by atoms with Gasteiger partial charge in [-0.3, -0.25) is 9.36 Å². The summed E-state index contributed by atoms with van der Waals surface area (Å²) >= 11 is 0. The highest BCUT2D eigenvalue weighted by Gasteiger charge is 2.30. The maximum absolute atomic E-state index is 14.1. The van der Waals surface area contributed by atoms with Crippen LogP contribution in [-0.4, -0.2) is 43.2 Å². The number of aryl methyl sites for hydroxylation is 2. The lowest BCUT2D eigenvalue weighted by Crippen LogP contribution is -2.49. The van der Waals surface area contributed by atoms with Crippen LogP contribution in [0.15, 0.2) is 83.4 Å². The van der Waals surface area contributed by atoms with Crippen LogP contribution in [0.1, 0.15) is 54.0 Å². The zero-order chi connectivity index (χ0) is 31.8. The summed E-state index contributed by atoms with van der Waals surface area (Å²) in [5.41, 5.74) is 3.22. The van der Waals surface area contributed by atoms with Gasteiger partial charge in [0, 0.05) is 41.3 Å². The van der Waals surface area contributed by atoms with Crippen molar-refractivity contribution in [2.75, 3.05) is 0 Å². The number of fused-ring (bicyclic) bond motifs is 4. The summed E-state index contributed by atoms with van der Waals surface area (Å²) in [5, 5.41) is 18.6. The van der Waals surface area contributed by atoms with E-state index in [4.69, 9.17) is 4.42 Å². The molecule has 6 rings (SSSR count). The maximum Gasteiger partial charge on any atom is 0.358 e. The number of carbonyl (C=O) groups excluding carboxylic acids is 2. The van der Waals surface area contributed by atoms with E-state index in [1.807, 2.05) is 104 Å². The Hall–Kier alpha value is -5.38. The topological polar surface area (TPSA) is 131 Å². The number of benzene rings is 3. The zero-order valence-electron chi connectivity index (χ0n) is 25.6. The molecule has 3 N–H and O–H groups in total. The molecule has 3 aromatic heterocycles. The number of carbonyl (C=O) groups is 3. The first-order valence-corrected chi connectivity index (χ1v) is 14.9. The van der Waals surface area contributed by atoms with Gasteiger partial charge in [0.25, 0.3) is 0 Å². The van der Waals surface area contributed by atoms with Gasteiger partial charge < -0.3 is 24.7 Å². The van der Waals surface area contributed by atoms with Crippen LogP contribution >= 0.6 is 0 Å². The minimum Gasteiger partial charge on any atom is -0.476 e. The lowest BCUT2D eigenvalue weighted by molar-refractivity contribution is -0.124. The fraction of sp³-hybridized carbons (Fsp3) is 0.257. The molecule has 45 heavy (non-hydrogen) atoms. The van der Waals surface area contributed by atoms with Crippen LogP contribution in [0.5, 0.6) is 0 Å². The first kappa shape index (κ1) is 29.7. The minimum atomic E-state index is -1.21. The van der Waals surface area contributed by atoms with Gasteiger partial charge in [0.05, 0.1) is 11.0 Å². The number of hydrogen-bond donors (Lipinski definition) is 3. The van der Waals surface area contributed by atoms with Gasteiger partial charge in [0.1, 0.15) is 17.8 Å². The Bertz CT molecular complexity index is 2010. The van der Waals surface area contributed by atoms with Crippen molar-refractivity contribution >= 4 is 50.6 Å². The molecular weight excluding hydrogens is 570 g/mol. The van der Waals surface area contributed by atoms with Crippen molar-refractivity contribution in [1.29, 1.82) is 0 Å². The van der Waals surface area contributed by atoms with Gasteiger partial charge in [-0.2, -0.15) is 0 Å². The second-order valence-corrected chi connectivity index (χ2v) is 11.8. The number of carboxylic acids is 1. The Balaban J connectivity index is 1.34. The fourth-order valence-corrected chi connectivity index (χ4v) is 6.10. The van der Waals surface area contributed by atoms with Gasteiger partial charge in [-0.15, -0.1) is 0 Å². The Morgan fingerprint density at radius 2 is 1.44 bits per heavy atom. The maximum atomic E-state index is 14.1. The number of carboxylic acid groups (broad SMARTS) is 1.